The Morgan fingerprint density at radius 2 is 2.38 bits per heavy atom. The summed E-state index contributed by atoms with van der Waals surface area (Å²) in [4.78, 5) is 12.9. The van der Waals surface area contributed by atoms with Crippen LogP contribution in [0.4, 0.5) is 0 Å². The Labute approximate surface area is 76.6 Å². The van der Waals surface area contributed by atoms with Crippen molar-refractivity contribution in [2.45, 2.75) is 25.8 Å². The Morgan fingerprint density at radius 3 is 2.92 bits per heavy atom. The molecular weight excluding hydrogens is 172 g/mol. The quantitative estimate of drug-likeness (QED) is 0.270. The predicted octanol–water partition coefficient (Wildman–Crippen LogP) is 1.14. The Hall–Kier alpha value is -1.26. The van der Waals surface area contributed by atoms with Crippen LogP contribution < -0.4 is 5.32 Å². The lowest BCUT2D eigenvalue weighted by molar-refractivity contribution is -0.138. The number of rotatable bonds is 7. The van der Waals surface area contributed by atoms with Crippen molar-refractivity contribution in [1.29, 1.82) is 0 Å². The van der Waals surface area contributed by atoms with Crippen molar-refractivity contribution in [1.82, 2.24) is 5.32 Å². The van der Waals surface area contributed by atoms with Gasteiger partial charge in [-0.2, -0.15) is 0 Å². The number of carboxylic acid groups (broad SMARTS) is 1. The van der Waals surface area contributed by atoms with Gasteiger partial charge < -0.3 is 10.4 Å². The van der Waals surface area contributed by atoms with Crippen LogP contribution in [0.5, 0.6) is 0 Å². The first-order chi connectivity index (χ1) is 6.18. The summed E-state index contributed by atoms with van der Waals surface area (Å²) < 4.78 is 0. The monoisotopic (exact) mass is 186 g/mol. The molecule has 0 aromatic heterocycles. The molecule has 0 aromatic carbocycles. The number of hydrogen-bond acceptors (Lipinski definition) is 3. The van der Waals surface area contributed by atoms with Crippen LogP contribution in [0.3, 0.4) is 0 Å². The van der Waals surface area contributed by atoms with Crippen LogP contribution in [0.15, 0.2) is 5.11 Å². The zero-order valence-electron chi connectivity index (χ0n) is 7.60. The Balaban J connectivity index is 3.25. The van der Waals surface area contributed by atoms with Gasteiger partial charge in [-0.3, -0.25) is 4.79 Å². The number of nitrogens with zero attached hydrogens (tertiary/aromatic N) is 3. The topological polar surface area (TPSA) is 98.1 Å². The molecule has 0 aliphatic carbocycles. The SMILES string of the molecule is C[C@H](NCCCCN=[N+]=[N-])C(=O)O. The van der Waals surface area contributed by atoms with Gasteiger partial charge >= 0.3 is 5.97 Å². The maximum atomic E-state index is 10.3. The van der Waals surface area contributed by atoms with Gasteiger partial charge in [0.15, 0.2) is 0 Å². The summed E-state index contributed by atoms with van der Waals surface area (Å²) in [5.74, 6) is -0.852. The van der Waals surface area contributed by atoms with Gasteiger partial charge in [0.1, 0.15) is 6.04 Å². The second kappa shape index (κ2) is 7.39. The first kappa shape index (κ1) is 11.7. The normalized spacial score (nSPS) is 11.8. The molecule has 13 heavy (non-hydrogen) atoms. The summed E-state index contributed by atoms with van der Waals surface area (Å²) in [6.45, 7) is 2.70. The molecule has 74 valence electrons. The molecule has 1 atom stereocenters. The predicted molar refractivity (Wildman–Crippen MR) is 48.3 cm³/mol. The number of aliphatic carboxylic acids is 1. The average Bonchev–Trinajstić information content (AvgIpc) is 2.10. The Kier molecular flexibility index (Phi) is 6.68. The smallest absolute Gasteiger partial charge is 0.320 e. The fourth-order valence-electron chi connectivity index (χ4n) is 0.758. The van der Waals surface area contributed by atoms with Crippen molar-refractivity contribution in [2.75, 3.05) is 13.1 Å². The first-order valence-corrected chi connectivity index (χ1v) is 4.15. The van der Waals surface area contributed by atoms with E-state index in [0.717, 1.165) is 12.8 Å². The first-order valence-electron chi connectivity index (χ1n) is 4.15. The second-order valence-electron chi connectivity index (χ2n) is 2.68. The van der Waals surface area contributed by atoms with Crippen LogP contribution in [-0.2, 0) is 4.79 Å². The van der Waals surface area contributed by atoms with Gasteiger partial charge in [-0.1, -0.05) is 5.11 Å². The molecule has 0 unspecified atom stereocenters. The second-order valence-corrected chi connectivity index (χ2v) is 2.68. The molecule has 0 aliphatic rings. The van der Waals surface area contributed by atoms with Crippen LogP contribution in [0.1, 0.15) is 19.8 Å². The third-order valence-corrected chi connectivity index (χ3v) is 1.57. The molecule has 6 nitrogen and oxygen atoms in total. The van der Waals surface area contributed by atoms with E-state index < -0.39 is 12.0 Å². The van der Waals surface area contributed by atoms with Gasteiger partial charge in [0.25, 0.3) is 0 Å². The van der Waals surface area contributed by atoms with E-state index in [1.807, 2.05) is 0 Å². The molecule has 0 spiro atoms. The third kappa shape index (κ3) is 7.11. The van der Waals surface area contributed by atoms with E-state index in [4.69, 9.17) is 10.6 Å². The highest BCUT2D eigenvalue weighted by atomic mass is 16.4. The summed E-state index contributed by atoms with van der Waals surface area (Å²) in [5, 5.41) is 14.7. The van der Waals surface area contributed by atoms with Crippen molar-refractivity contribution < 1.29 is 9.90 Å². The Bertz CT molecular complexity index is 201. The zero-order chi connectivity index (χ0) is 10.1. The summed E-state index contributed by atoms with van der Waals surface area (Å²) in [7, 11) is 0. The van der Waals surface area contributed by atoms with E-state index in [1.54, 1.807) is 6.92 Å². The Morgan fingerprint density at radius 1 is 1.69 bits per heavy atom. The number of carbonyl (C=O) groups is 1. The lowest BCUT2D eigenvalue weighted by Gasteiger charge is -2.07. The minimum Gasteiger partial charge on any atom is -0.480 e. The maximum absolute atomic E-state index is 10.3. The molecule has 0 amide bonds. The van der Waals surface area contributed by atoms with E-state index in [0.29, 0.717) is 13.1 Å². The minimum atomic E-state index is -0.852. The fourth-order valence-corrected chi connectivity index (χ4v) is 0.758. The van der Waals surface area contributed by atoms with Gasteiger partial charge in [-0.05, 0) is 31.8 Å². The molecule has 0 radical (unpaired) electrons. The number of unbranched alkanes of at least 4 members (excludes halogenated alkanes) is 1. The van der Waals surface area contributed by atoms with Crippen LogP contribution >= 0.6 is 0 Å². The standard InChI is InChI=1S/C7H14N4O2/c1-6(7(12)13)9-4-2-3-5-10-11-8/h6,9H,2-5H2,1H3,(H,12,13)/t6-/m0/s1. The van der Waals surface area contributed by atoms with Gasteiger partial charge in [0.2, 0.25) is 0 Å². The summed E-state index contributed by atoms with van der Waals surface area (Å²) in [5.41, 5.74) is 7.95. The molecular formula is C7H14N4O2. The van der Waals surface area contributed by atoms with E-state index >= 15 is 0 Å². The minimum absolute atomic E-state index is 0.472. The fraction of sp³-hybridized carbons (Fsp3) is 0.857. The van der Waals surface area contributed by atoms with Crippen molar-refractivity contribution in [3.05, 3.63) is 10.4 Å². The van der Waals surface area contributed by atoms with E-state index in [-0.39, 0.29) is 0 Å². The molecule has 0 aliphatic heterocycles. The highest BCUT2D eigenvalue weighted by Gasteiger charge is 2.07. The van der Waals surface area contributed by atoms with Gasteiger partial charge in [-0.25, -0.2) is 0 Å². The van der Waals surface area contributed by atoms with E-state index in [1.165, 1.54) is 0 Å². The van der Waals surface area contributed by atoms with Crippen molar-refractivity contribution in [3.8, 4) is 0 Å². The molecule has 0 saturated heterocycles. The number of azide groups is 1. The largest absolute Gasteiger partial charge is 0.480 e. The zero-order valence-corrected chi connectivity index (χ0v) is 7.60. The van der Waals surface area contributed by atoms with E-state index in [2.05, 4.69) is 15.3 Å². The molecule has 0 bridgehead atoms. The van der Waals surface area contributed by atoms with Crippen LogP contribution in [-0.4, -0.2) is 30.2 Å². The molecule has 0 fully saturated rings. The molecule has 0 rings (SSSR count). The van der Waals surface area contributed by atoms with Crippen molar-refractivity contribution >= 4 is 5.97 Å². The van der Waals surface area contributed by atoms with Crippen molar-refractivity contribution in [3.63, 3.8) is 0 Å². The number of nitrogens with one attached hydrogen (secondary N) is 1. The van der Waals surface area contributed by atoms with Crippen LogP contribution in [0, 0.1) is 0 Å². The summed E-state index contributed by atoms with van der Waals surface area (Å²) >= 11 is 0. The highest BCUT2D eigenvalue weighted by Crippen LogP contribution is 1.89. The third-order valence-electron chi connectivity index (χ3n) is 1.57. The molecule has 0 aromatic rings. The van der Waals surface area contributed by atoms with Crippen LogP contribution in [0.2, 0.25) is 0 Å². The van der Waals surface area contributed by atoms with Gasteiger partial charge in [0, 0.05) is 11.5 Å². The molecule has 6 heteroatoms. The molecule has 2 N–H and O–H groups in total. The summed E-state index contributed by atoms with van der Waals surface area (Å²) in [6.07, 6.45) is 1.60. The molecule has 0 heterocycles. The van der Waals surface area contributed by atoms with Gasteiger partial charge in [-0.15, -0.1) is 0 Å². The average molecular weight is 186 g/mol. The summed E-state index contributed by atoms with van der Waals surface area (Å²) in [6, 6.07) is -0.514. The number of carboxylic acids is 1. The molecule has 0 saturated carbocycles. The van der Waals surface area contributed by atoms with Gasteiger partial charge in [0.05, 0.1) is 0 Å². The lowest BCUT2D eigenvalue weighted by atomic mass is 10.3. The number of hydrogen-bond donors (Lipinski definition) is 2. The highest BCUT2D eigenvalue weighted by molar-refractivity contribution is 5.72. The van der Waals surface area contributed by atoms with E-state index in [9.17, 15) is 4.79 Å². The van der Waals surface area contributed by atoms with Crippen LogP contribution in [0.25, 0.3) is 10.4 Å². The maximum Gasteiger partial charge on any atom is 0.320 e. The lowest BCUT2D eigenvalue weighted by Crippen LogP contribution is -2.34. The van der Waals surface area contributed by atoms with Crippen molar-refractivity contribution in [2.24, 2.45) is 5.11 Å².